The van der Waals surface area contributed by atoms with Crippen molar-refractivity contribution < 1.29 is 22.0 Å². The fourth-order valence-corrected chi connectivity index (χ4v) is 3.35. The molecule has 0 aliphatic rings. The second-order valence-corrected chi connectivity index (χ2v) is 7.54. The number of nitrogens with one attached hydrogen (secondary N) is 1. The SMILES string of the molecule is O=C(Cc1cnn(-c2ccccc2)c1)Nc1ccccc1S(=O)(=O)C(F)F. The predicted molar refractivity (Wildman–Crippen MR) is 95.5 cm³/mol. The van der Waals surface area contributed by atoms with Crippen molar-refractivity contribution in [2.24, 2.45) is 0 Å². The molecule has 0 atom stereocenters. The maximum atomic E-state index is 12.8. The molecule has 1 N–H and O–H groups in total. The summed E-state index contributed by atoms with van der Waals surface area (Å²) < 4.78 is 50.7. The van der Waals surface area contributed by atoms with Crippen molar-refractivity contribution >= 4 is 21.4 Å². The largest absolute Gasteiger partial charge is 0.341 e. The van der Waals surface area contributed by atoms with Gasteiger partial charge in [-0.1, -0.05) is 30.3 Å². The smallest absolute Gasteiger partial charge is 0.325 e. The van der Waals surface area contributed by atoms with Gasteiger partial charge in [-0.2, -0.15) is 13.9 Å². The summed E-state index contributed by atoms with van der Waals surface area (Å²) in [6.07, 6.45) is 3.08. The molecule has 0 aliphatic heterocycles. The minimum absolute atomic E-state index is 0.0874. The van der Waals surface area contributed by atoms with Gasteiger partial charge >= 0.3 is 5.76 Å². The summed E-state index contributed by atoms with van der Waals surface area (Å²) in [6.45, 7) is 0. The number of carbonyl (C=O) groups is 1. The van der Waals surface area contributed by atoms with Crippen LogP contribution < -0.4 is 5.32 Å². The minimum atomic E-state index is -4.82. The third-order valence-electron chi connectivity index (χ3n) is 3.72. The maximum Gasteiger partial charge on any atom is 0.341 e. The zero-order valence-corrected chi connectivity index (χ0v) is 14.7. The zero-order chi connectivity index (χ0) is 19.4. The first kappa shape index (κ1) is 18.7. The summed E-state index contributed by atoms with van der Waals surface area (Å²) in [5, 5.41) is 6.55. The summed E-state index contributed by atoms with van der Waals surface area (Å²) in [7, 11) is -4.82. The van der Waals surface area contributed by atoms with Gasteiger partial charge in [-0.3, -0.25) is 4.79 Å². The number of hydrogen-bond donors (Lipinski definition) is 1. The summed E-state index contributed by atoms with van der Waals surface area (Å²) in [5.41, 5.74) is 1.22. The standard InChI is InChI=1S/C18H15F2N3O3S/c19-18(20)27(25,26)16-9-5-4-8-15(16)22-17(24)10-13-11-21-23(12-13)14-6-2-1-3-7-14/h1-9,11-12,18H,10H2,(H,22,24). The van der Waals surface area contributed by atoms with Crippen LogP contribution >= 0.6 is 0 Å². The minimum Gasteiger partial charge on any atom is -0.325 e. The molecule has 9 heteroatoms. The number of amides is 1. The van der Waals surface area contributed by atoms with Crippen molar-refractivity contribution in [1.29, 1.82) is 0 Å². The van der Waals surface area contributed by atoms with Crippen LogP contribution in [0.3, 0.4) is 0 Å². The zero-order valence-electron chi connectivity index (χ0n) is 13.9. The average Bonchev–Trinajstić information content (AvgIpc) is 3.11. The molecule has 0 aliphatic carbocycles. The highest BCUT2D eigenvalue weighted by molar-refractivity contribution is 7.91. The number of carbonyl (C=O) groups excluding carboxylic acids is 1. The monoisotopic (exact) mass is 391 g/mol. The van der Waals surface area contributed by atoms with Crippen LogP contribution in [-0.4, -0.2) is 29.9 Å². The van der Waals surface area contributed by atoms with Gasteiger partial charge < -0.3 is 5.32 Å². The van der Waals surface area contributed by atoms with E-state index in [2.05, 4.69) is 10.4 Å². The molecule has 140 valence electrons. The second-order valence-electron chi connectivity index (χ2n) is 5.66. The first-order chi connectivity index (χ1) is 12.9. The topological polar surface area (TPSA) is 81.1 Å². The quantitative estimate of drug-likeness (QED) is 0.700. The molecule has 0 unspecified atom stereocenters. The Balaban J connectivity index is 1.75. The van der Waals surface area contributed by atoms with Gasteiger partial charge in [-0.05, 0) is 29.8 Å². The summed E-state index contributed by atoms with van der Waals surface area (Å²) in [5.74, 6) is -4.11. The fraction of sp³-hybridized carbons (Fsp3) is 0.111. The molecular formula is C18H15F2N3O3S. The van der Waals surface area contributed by atoms with E-state index in [9.17, 15) is 22.0 Å². The summed E-state index contributed by atoms with van der Waals surface area (Å²) in [6, 6.07) is 14.3. The van der Waals surface area contributed by atoms with Crippen molar-refractivity contribution in [3.05, 3.63) is 72.6 Å². The van der Waals surface area contributed by atoms with Crippen LogP contribution in [-0.2, 0) is 21.1 Å². The Hall–Kier alpha value is -3.07. The highest BCUT2D eigenvalue weighted by Crippen LogP contribution is 2.26. The van der Waals surface area contributed by atoms with Crippen LogP contribution in [0.15, 0.2) is 71.9 Å². The van der Waals surface area contributed by atoms with Crippen molar-refractivity contribution in [3.8, 4) is 5.69 Å². The van der Waals surface area contributed by atoms with Crippen molar-refractivity contribution in [2.45, 2.75) is 17.1 Å². The van der Waals surface area contributed by atoms with E-state index in [4.69, 9.17) is 0 Å². The highest BCUT2D eigenvalue weighted by Gasteiger charge is 2.29. The van der Waals surface area contributed by atoms with Crippen LogP contribution in [0.25, 0.3) is 5.69 Å². The summed E-state index contributed by atoms with van der Waals surface area (Å²) >= 11 is 0. The molecule has 1 amide bonds. The van der Waals surface area contributed by atoms with E-state index in [1.807, 2.05) is 30.3 Å². The lowest BCUT2D eigenvalue weighted by Gasteiger charge is -2.10. The highest BCUT2D eigenvalue weighted by atomic mass is 32.2. The molecule has 0 bridgehead atoms. The van der Waals surface area contributed by atoms with Crippen molar-refractivity contribution in [3.63, 3.8) is 0 Å². The van der Waals surface area contributed by atoms with Crippen LogP contribution in [0.1, 0.15) is 5.56 Å². The van der Waals surface area contributed by atoms with Crippen LogP contribution in [0, 0.1) is 0 Å². The number of nitrogens with zero attached hydrogens (tertiary/aromatic N) is 2. The van der Waals surface area contributed by atoms with Crippen molar-refractivity contribution in [1.82, 2.24) is 9.78 Å². The Morgan fingerprint density at radius 1 is 1.07 bits per heavy atom. The Morgan fingerprint density at radius 3 is 2.44 bits per heavy atom. The molecule has 0 fully saturated rings. The van der Waals surface area contributed by atoms with E-state index in [1.165, 1.54) is 24.4 Å². The van der Waals surface area contributed by atoms with E-state index >= 15 is 0 Å². The maximum absolute atomic E-state index is 12.8. The van der Waals surface area contributed by atoms with E-state index in [-0.39, 0.29) is 12.1 Å². The Morgan fingerprint density at radius 2 is 1.74 bits per heavy atom. The van der Waals surface area contributed by atoms with Crippen LogP contribution in [0.2, 0.25) is 0 Å². The fourth-order valence-electron chi connectivity index (χ4n) is 2.47. The molecule has 0 saturated heterocycles. The van der Waals surface area contributed by atoms with E-state index in [1.54, 1.807) is 10.9 Å². The van der Waals surface area contributed by atoms with E-state index < -0.39 is 26.4 Å². The molecule has 0 radical (unpaired) electrons. The molecule has 6 nitrogen and oxygen atoms in total. The Bertz CT molecular complexity index is 1050. The second kappa shape index (κ2) is 7.67. The molecule has 27 heavy (non-hydrogen) atoms. The average molecular weight is 391 g/mol. The van der Waals surface area contributed by atoms with Gasteiger partial charge in [0.15, 0.2) is 0 Å². The lowest BCUT2D eigenvalue weighted by atomic mass is 10.2. The number of hydrogen-bond acceptors (Lipinski definition) is 4. The molecule has 0 spiro atoms. The van der Waals surface area contributed by atoms with E-state index in [0.717, 1.165) is 11.8 Å². The van der Waals surface area contributed by atoms with Gasteiger partial charge in [0, 0.05) is 6.20 Å². The number of alkyl halides is 2. The van der Waals surface area contributed by atoms with Gasteiger partial charge in [-0.25, -0.2) is 13.1 Å². The lowest BCUT2D eigenvalue weighted by molar-refractivity contribution is -0.115. The molecular weight excluding hydrogens is 376 g/mol. The van der Waals surface area contributed by atoms with Crippen LogP contribution in [0.5, 0.6) is 0 Å². The number of benzene rings is 2. The first-order valence-electron chi connectivity index (χ1n) is 7.88. The normalized spacial score (nSPS) is 11.5. The Kier molecular flexibility index (Phi) is 5.31. The molecule has 1 aromatic heterocycles. The molecule has 3 aromatic rings. The molecule has 0 saturated carbocycles. The van der Waals surface area contributed by atoms with E-state index in [0.29, 0.717) is 5.56 Å². The Labute approximate surface area is 154 Å². The van der Waals surface area contributed by atoms with Gasteiger partial charge in [0.25, 0.3) is 0 Å². The summed E-state index contributed by atoms with van der Waals surface area (Å²) in [4.78, 5) is 11.6. The predicted octanol–water partition coefficient (Wildman–Crippen LogP) is 3.05. The number of para-hydroxylation sites is 2. The molecule has 2 aromatic carbocycles. The van der Waals surface area contributed by atoms with Crippen molar-refractivity contribution in [2.75, 3.05) is 5.32 Å². The van der Waals surface area contributed by atoms with Gasteiger partial charge in [0.05, 0.1) is 28.9 Å². The number of sulfone groups is 1. The number of anilines is 1. The lowest BCUT2D eigenvalue weighted by Crippen LogP contribution is -2.19. The van der Waals surface area contributed by atoms with Crippen LogP contribution in [0.4, 0.5) is 14.5 Å². The molecule has 3 rings (SSSR count). The third-order valence-corrected chi connectivity index (χ3v) is 5.16. The van der Waals surface area contributed by atoms with Gasteiger partial charge in [-0.15, -0.1) is 0 Å². The first-order valence-corrected chi connectivity index (χ1v) is 9.42. The number of aromatic nitrogens is 2. The van der Waals surface area contributed by atoms with Gasteiger partial charge in [0.2, 0.25) is 15.7 Å². The molecule has 1 heterocycles. The number of rotatable bonds is 6. The third kappa shape index (κ3) is 4.20. The number of halogens is 2. The van der Waals surface area contributed by atoms with Gasteiger partial charge in [0.1, 0.15) is 0 Å².